The fraction of sp³-hybridized carbons (Fsp3) is 0.500. The molecule has 19 heavy (non-hydrogen) atoms. The number of amides is 1. The first-order chi connectivity index (χ1) is 8.71. The zero-order valence-electron chi connectivity index (χ0n) is 10.9. The topological polar surface area (TPSA) is 102 Å². The molecule has 1 aliphatic rings. The first-order valence-corrected chi connectivity index (χ1v) is 7.78. The third-order valence-corrected chi connectivity index (χ3v) is 5.17. The number of nitrogens with one attached hydrogen (secondary N) is 1. The van der Waals surface area contributed by atoms with Crippen molar-refractivity contribution in [3.05, 3.63) is 23.5 Å². The number of hydrogen-bond acceptors (Lipinski definition) is 5. The van der Waals surface area contributed by atoms with Crippen molar-refractivity contribution in [2.75, 3.05) is 17.2 Å². The van der Waals surface area contributed by atoms with Gasteiger partial charge in [0, 0.05) is 0 Å². The Morgan fingerprint density at radius 3 is 2.79 bits per heavy atom. The Morgan fingerprint density at radius 2 is 2.21 bits per heavy atom. The molecule has 2 heterocycles. The zero-order valence-corrected chi connectivity index (χ0v) is 11.8. The van der Waals surface area contributed by atoms with Gasteiger partial charge in [0.15, 0.2) is 9.84 Å². The highest BCUT2D eigenvalue weighted by molar-refractivity contribution is 7.91. The Labute approximate surface area is 112 Å². The normalized spacial score (nSPS) is 25.2. The van der Waals surface area contributed by atoms with Gasteiger partial charge in [-0.05, 0) is 26.3 Å². The van der Waals surface area contributed by atoms with Gasteiger partial charge in [-0.15, -0.1) is 0 Å². The monoisotopic (exact) mass is 283 g/mol. The van der Waals surface area contributed by atoms with Crippen molar-refractivity contribution in [3.63, 3.8) is 0 Å². The third-order valence-electron chi connectivity index (χ3n) is 3.27. The van der Waals surface area contributed by atoms with E-state index in [0.29, 0.717) is 23.4 Å². The number of sulfone groups is 1. The minimum Gasteiger partial charge on any atom is -0.397 e. The molecule has 1 amide bonds. The Kier molecular flexibility index (Phi) is 3.25. The van der Waals surface area contributed by atoms with Gasteiger partial charge < -0.3 is 11.1 Å². The van der Waals surface area contributed by atoms with Gasteiger partial charge >= 0.3 is 0 Å². The van der Waals surface area contributed by atoms with Gasteiger partial charge in [0.25, 0.3) is 5.91 Å². The van der Waals surface area contributed by atoms with Crippen LogP contribution in [0.5, 0.6) is 0 Å². The fourth-order valence-corrected chi connectivity index (χ4v) is 4.32. The lowest BCUT2D eigenvalue weighted by Crippen LogP contribution is -2.47. The molecule has 3 N–H and O–H groups in total. The molecule has 0 aromatic carbocycles. The van der Waals surface area contributed by atoms with E-state index in [1.165, 1.54) is 6.20 Å². The number of nitrogen functional groups attached to an aromatic ring is 1. The number of anilines is 1. The second-order valence-corrected chi connectivity index (χ2v) is 7.44. The highest BCUT2D eigenvalue weighted by Gasteiger charge is 2.39. The highest BCUT2D eigenvalue weighted by atomic mass is 32.2. The third kappa shape index (κ3) is 3.04. The second-order valence-electron chi connectivity index (χ2n) is 5.26. The molecule has 1 saturated heterocycles. The van der Waals surface area contributed by atoms with Gasteiger partial charge in [0.2, 0.25) is 0 Å². The van der Waals surface area contributed by atoms with E-state index in [4.69, 9.17) is 5.73 Å². The van der Waals surface area contributed by atoms with Crippen molar-refractivity contribution >= 4 is 21.4 Å². The number of aromatic nitrogens is 1. The molecule has 0 radical (unpaired) electrons. The lowest BCUT2D eigenvalue weighted by atomic mass is 10.0. The van der Waals surface area contributed by atoms with E-state index >= 15 is 0 Å². The van der Waals surface area contributed by atoms with Crippen LogP contribution in [0.4, 0.5) is 5.69 Å². The number of hydrogen-bond donors (Lipinski definition) is 2. The van der Waals surface area contributed by atoms with Crippen LogP contribution in [-0.2, 0) is 9.84 Å². The predicted molar refractivity (Wildman–Crippen MR) is 72.5 cm³/mol. The summed E-state index contributed by atoms with van der Waals surface area (Å²) < 4.78 is 23.0. The van der Waals surface area contributed by atoms with E-state index < -0.39 is 15.4 Å². The number of pyridine rings is 1. The van der Waals surface area contributed by atoms with E-state index in [0.717, 1.165) is 0 Å². The summed E-state index contributed by atoms with van der Waals surface area (Å²) in [6.45, 7) is 3.45. The molecule has 1 unspecified atom stereocenters. The Bertz CT molecular complexity index is 627. The minimum atomic E-state index is -3.06. The fourth-order valence-electron chi connectivity index (χ4n) is 2.23. The minimum absolute atomic E-state index is 0.0273. The van der Waals surface area contributed by atoms with Crippen LogP contribution in [-0.4, -0.2) is 36.4 Å². The first kappa shape index (κ1) is 13.8. The van der Waals surface area contributed by atoms with Crippen molar-refractivity contribution in [2.45, 2.75) is 25.8 Å². The molecule has 0 spiro atoms. The maximum atomic E-state index is 12.2. The number of aryl methyl sites for hydroxylation is 1. The number of nitrogens with two attached hydrogens (primary N) is 1. The van der Waals surface area contributed by atoms with Gasteiger partial charge in [-0.3, -0.25) is 9.78 Å². The van der Waals surface area contributed by atoms with Crippen LogP contribution in [0.1, 0.15) is 29.4 Å². The van der Waals surface area contributed by atoms with E-state index in [2.05, 4.69) is 10.3 Å². The van der Waals surface area contributed by atoms with Gasteiger partial charge in [-0.1, -0.05) is 0 Å². The lowest BCUT2D eigenvalue weighted by molar-refractivity contribution is 0.0914. The SMILES string of the molecule is Cc1ncc(N)cc1C(=O)NC1(C)CCS(=O)(=O)C1. The van der Waals surface area contributed by atoms with Crippen molar-refractivity contribution in [1.82, 2.24) is 10.3 Å². The Balaban J connectivity index is 2.20. The lowest BCUT2D eigenvalue weighted by Gasteiger charge is -2.24. The molecule has 0 aliphatic carbocycles. The number of carbonyl (C=O) groups excluding carboxylic acids is 1. The number of rotatable bonds is 2. The first-order valence-electron chi connectivity index (χ1n) is 5.96. The van der Waals surface area contributed by atoms with Gasteiger partial charge in [-0.2, -0.15) is 0 Å². The van der Waals surface area contributed by atoms with Crippen LogP contribution in [0.3, 0.4) is 0 Å². The van der Waals surface area contributed by atoms with Gasteiger partial charge in [0.1, 0.15) is 0 Å². The summed E-state index contributed by atoms with van der Waals surface area (Å²) in [4.78, 5) is 16.2. The maximum absolute atomic E-state index is 12.2. The molecule has 2 rings (SSSR count). The molecule has 0 saturated carbocycles. The molecule has 1 aromatic rings. The molecular weight excluding hydrogens is 266 g/mol. The Morgan fingerprint density at radius 1 is 1.53 bits per heavy atom. The summed E-state index contributed by atoms with van der Waals surface area (Å²) in [6.07, 6.45) is 1.91. The van der Waals surface area contributed by atoms with Crippen LogP contribution < -0.4 is 11.1 Å². The molecule has 6 nitrogen and oxygen atoms in total. The van der Waals surface area contributed by atoms with Crippen molar-refractivity contribution in [3.8, 4) is 0 Å². The van der Waals surface area contributed by atoms with E-state index in [9.17, 15) is 13.2 Å². The highest BCUT2D eigenvalue weighted by Crippen LogP contribution is 2.23. The molecule has 1 atom stereocenters. The average Bonchev–Trinajstić information content (AvgIpc) is 2.56. The predicted octanol–water partition coefficient (Wildman–Crippen LogP) is 0.279. The summed E-state index contributed by atoms with van der Waals surface area (Å²) in [5, 5.41) is 2.78. The zero-order chi connectivity index (χ0) is 14.3. The van der Waals surface area contributed by atoms with Crippen LogP contribution >= 0.6 is 0 Å². The quantitative estimate of drug-likeness (QED) is 0.811. The number of nitrogens with zero attached hydrogens (tertiary/aromatic N) is 1. The van der Waals surface area contributed by atoms with Crippen molar-refractivity contribution < 1.29 is 13.2 Å². The van der Waals surface area contributed by atoms with Crippen molar-refractivity contribution in [2.24, 2.45) is 0 Å². The van der Waals surface area contributed by atoms with Gasteiger partial charge in [-0.25, -0.2) is 8.42 Å². The van der Waals surface area contributed by atoms with Crippen LogP contribution in [0, 0.1) is 6.92 Å². The van der Waals surface area contributed by atoms with Crippen LogP contribution in [0.25, 0.3) is 0 Å². The molecular formula is C12H17N3O3S. The smallest absolute Gasteiger partial charge is 0.253 e. The van der Waals surface area contributed by atoms with Gasteiger partial charge in [0.05, 0.1) is 40.2 Å². The molecule has 1 aliphatic heterocycles. The maximum Gasteiger partial charge on any atom is 0.253 e. The molecule has 0 bridgehead atoms. The van der Waals surface area contributed by atoms with E-state index in [1.54, 1.807) is 19.9 Å². The molecule has 7 heteroatoms. The second kappa shape index (κ2) is 4.48. The summed E-state index contributed by atoms with van der Waals surface area (Å²) >= 11 is 0. The molecule has 1 fully saturated rings. The summed E-state index contributed by atoms with van der Waals surface area (Å²) in [5.41, 5.74) is 6.24. The standard InChI is InChI=1S/C12H17N3O3S/c1-8-10(5-9(13)6-14-8)11(16)15-12(2)3-4-19(17,18)7-12/h5-6H,3-4,7,13H2,1-2H3,(H,15,16). The molecule has 1 aromatic heterocycles. The van der Waals surface area contributed by atoms with Crippen LogP contribution in [0.2, 0.25) is 0 Å². The summed E-state index contributed by atoms with van der Waals surface area (Å²) in [7, 11) is -3.06. The summed E-state index contributed by atoms with van der Waals surface area (Å²) in [5.74, 6) is -0.254. The van der Waals surface area contributed by atoms with Crippen LogP contribution in [0.15, 0.2) is 12.3 Å². The largest absolute Gasteiger partial charge is 0.397 e. The Hall–Kier alpha value is -1.63. The molecule has 104 valence electrons. The average molecular weight is 283 g/mol. The van der Waals surface area contributed by atoms with Crippen molar-refractivity contribution in [1.29, 1.82) is 0 Å². The van der Waals surface area contributed by atoms with E-state index in [-0.39, 0.29) is 17.4 Å². The van der Waals surface area contributed by atoms with E-state index in [1.807, 2.05) is 0 Å². The number of carbonyl (C=O) groups is 1. The summed E-state index contributed by atoms with van der Waals surface area (Å²) in [6, 6.07) is 1.55.